The first-order chi connectivity index (χ1) is 13.6. The zero-order valence-corrected chi connectivity index (χ0v) is 15.6. The third-order valence-corrected chi connectivity index (χ3v) is 5.48. The lowest BCUT2D eigenvalue weighted by Crippen LogP contribution is -2.40. The average molecular weight is 379 g/mol. The Morgan fingerprint density at radius 2 is 2.07 bits per heavy atom. The molecular formula is C22H25N3O3. The van der Waals surface area contributed by atoms with Gasteiger partial charge in [-0.15, -0.1) is 0 Å². The van der Waals surface area contributed by atoms with Crippen molar-refractivity contribution < 1.29 is 15.0 Å². The van der Waals surface area contributed by atoms with Crippen molar-refractivity contribution in [3.05, 3.63) is 59.2 Å². The van der Waals surface area contributed by atoms with E-state index in [1.165, 1.54) is 19.3 Å². The third-order valence-electron chi connectivity index (χ3n) is 5.48. The Kier molecular flexibility index (Phi) is 5.30. The maximum Gasteiger partial charge on any atom is 0.251 e. The molecule has 1 amide bonds. The molecule has 2 aromatic rings. The summed E-state index contributed by atoms with van der Waals surface area (Å²) in [5.41, 5.74) is 3.42. The molecule has 1 heterocycles. The number of nitrogens with one attached hydrogen (secondary N) is 2. The topological polar surface area (TPSA) is 94.0 Å². The molecule has 0 radical (unpaired) electrons. The molecule has 0 saturated heterocycles. The molecule has 4 rings (SSSR count). The van der Waals surface area contributed by atoms with E-state index in [-0.39, 0.29) is 24.2 Å². The summed E-state index contributed by atoms with van der Waals surface area (Å²) in [6, 6.07) is 12.8. The number of rotatable bonds is 6. The first kappa shape index (κ1) is 18.5. The number of aliphatic hydroxyl groups excluding tert-OH is 1. The number of benzene rings is 2. The minimum absolute atomic E-state index is 0.133. The van der Waals surface area contributed by atoms with E-state index in [2.05, 4.69) is 15.6 Å². The van der Waals surface area contributed by atoms with Crippen molar-refractivity contribution in [2.75, 3.05) is 11.9 Å². The number of phenols is 1. The van der Waals surface area contributed by atoms with Crippen molar-refractivity contribution in [2.45, 2.75) is 43.9 Å². The summed E-state index contributed by atoms with van der Waals surface area (Å²) in [7, 11) is 0. The van der Waals surface area contributed by atoms with Gasteiger partial charge in [0.2, 0.25) is 0 Å². The van der Waals surface area contributed by atoms with E-state index >= 15 is 0 Å². The summed E-state index contributed by atoms with van der Waals surface area (Å²) < 4.78 is 0. The SMILES string of the molecule is O=C(NC[C@@H](O)C1Cc2ccc(O)cc2C=N1)c1cccc(NC2CCC2)c1. The molecule has 6 nitrogen and oxygen atoms in total. The number of aliphatic imine (C=N–C) groups is 1. The van der Waals surface area contributed by atoms with Gasteiger partial charge in [0, 0.05) is 30.1 Å². The monoisotopic (exact) mass is 379 g/mol. The smallest absolute Gasteiger partial charge is 0.251 e. The van der Waals surface area contributed by atoms with Crippen LogP contribution >= 0.6 is 0 Å². The largest absolute Gasteiger partial charge is 0.508 e. The van der Waals surface area contributed by atoms with Crippen LogP contribution in [0.3, 0.4) is 0 Å². The predicted molar refractivity (Wildman–Crippen MR) is 109 cm³/mol. The summed E-state index contributed by atoms with van der Waals surface area (Å²) in [6.45, 7) is 0.133. The number of hydrogen-bond donors (Lipinski definition) is 4. The Labute approximate surface area is 164 Å². The van der Waals surface area contributed by atoms with E-state index in [0.29, 0.717) is 18.0 Å². The first-order valence-electron chi connectivity index (χ1n) is 9.76. The van der Waals surface area contributed by atoms with Crippen LogP contribution in [0.5, 0.6) is 5.75 Å². The lowest BCUT2D eigenvalue weighted by atomic mass is 9.93. The highest BCUT2D eigenvalue weighted by Gasteiger charge is 2.23. The standard InChI is InChI=1S/C22H25N3O3/c26-19-8-7-14-11-20(23-12-16(14)10-19)21(27)13-24-22(28)15-3-1-6-18(9-15)25-17-4-2-5-17/h1,3,6-10,12,17,20-21,25-27H,2,4-5,11,13H2,(H,24,28)/t20?,21-/m1/s1. The highest BCUT2D eigenvalue weighted by molar-refractivity contribution is 5.95. The minimum atomic E-state index is -0.779. The zero-order valence-electron chi connectivity index (χ0n) is 15.6. The lowest BCUT2D eigenvalue weighted by Gasteiger charge is -2.27. The van der Waals surface area contributed by atoms with Crippen LogP contribution in [0.15, 0.2) is 47.5 Å². The highest BCUT2D eigenvalue weighted by Crippen LogP contribution is 2.24. The molecule has 0 bridgehead atoms. The molecule has 4 N–H and O–H groups in total. The second-order valence-electron chi connectivity index (χ2n) is 7.56. The fourth-order valence-electron chi connectivity index (χ4n) is 3.55. The summed E-state index contributed by atoms with van der Waals surface area (Å²) in [6.07, 6.45) is 5.07. The van der Waals surface area contributed by atoms with E-state index in [0.717, 1.165) is 16.8 Å². The molecule has 1 saturated carbocycles. The predicted octanol–water partition coefficient (Wildman–Crippen LogP) is 2.49. The van der Waals surface area contributed by atoms with Crippen molar-refractivity contribution in [3.63, 3.8) is 0 Å². The molecule has 146 valence electrons. The van der Waals surface area contributed by atoms with Crippen LogP contribution < -0.4 is 10.6 Å². The molecule has 2 aromatic carbocycles. The fourth-order valence-corrected chi connectivity index (χ4v) is 3.55. The fraction of sp³-hybridized carbons (Fsp3) is 0.364. The molecule has 2 atom stereocenters. The first-order valence-corrected chi connectivity index (χ1v) is 9.76. The maximum absolute atomic E-state index is 12.5. The van der Waals surface area contributed by atoms with Crippen molar-refractivity contribution in [1.82, 2.24) is 5.32 Å². The van der Waals surface area contributed by atoms with Gasteiger partial charge < -0.3 is 20.8 Å². The van der Waals surface area contributed by atoms with Crippen LogP contribution in [0, 0.1) is 0 Å². The minimum Gasteiger partial charge on any atom is -0.508 e. The number of aliphatic hydroxyl groups is 1. The second-order valence-corrected chi connectivity index (χ2v) is 7.56. The van der Waals surface area contributed by atoms with Gasteiger partial charge in [0.1, 0.15) is 5.75 Å². The van der Waals surface area contributed by atoms with Crippen molar-refractivity contribution in [2.24, 2.45) is 4.99 Å². The summed E-state index contributed by atoms with van der Waals surface area (Å²) in [5.74, 6) is -0.00749. The molecule has 1 aliphatic carbocycles. The van der Waals surface area contributed by atoms with Gasteiger partial charge in [0.15, 0.2) is 0 Å². The van der Waals surface area contributed by atoms with Crippen LogP contribution in [-0.2, 0) is 6.42 Å². The number of anilines is 1. The quantitative estimate of drug-likeness (QED) is 0.620. The van der Waals surface area contributed by atoms with Crippen LogP contribution in [0.2, 0.25) is 0 Å². The number of aromatic hydroxyl groups is 1. The highest BCUT2D eigenvalue weighted by atomic mass is 16.3. The van der Waals surface area contributed by atoms with E-state index in [9.17, 15) is 15.0 Å². The molecule has 6 heteroatoms. The lowest BCUT2D eigenvalue weighted by molar-refractivity contribution is 0.0897. The van der Waals surface area contributed by atoms with Crippen molar-refractivity contribution in [3.8, 4) is 5.75 Å². The van der Waals surface area contributed by atoms with E-state index < -0.39 is 6.10 Å². The Morgan fingerprint density at radius 3 is 2.86 bits per heavy atom. The van der Waals surface area contributed by atoms with Crippen LogP contribution in [0.25, 0.3) is 0 Å². The van der Waals surface area contributed by atoms with Gasteiger partial charge >= 0.3 is 0 Å². The zero-order chi connectivity index (χ0) is 19.5. The van der Waals surface area contributed by atoms with E-state index in [1.807, 2.05) is 24.3 Å². The number of carbonyl (C=O) groups excluding carboxylic acids is 1. The van der Waals surface area contributed by atoms with Gasteiger partial charge in [-0.25, -0.2) is 0 Å². The average Bonchev–Trinajstić information content (AvgIpc) is 2.68. The molecule has 28 heavy (non-hydrogen) atoms. The van der Waals surface area contributed by atoms with Crippen molar-refractivity contribution in [1.29, 1.82) is 0 Å². The number of fused-ring (bicyclic) bond motifs is 1. The molecule has 1 aliphatic heterocycles. The number of hydrogen-bond acceptors (Lipinski definition) is 5. The number of carbonyl (C=O) groups is 1. The number of amides is 1. The van der Waals surface area contributed by atoms with Gasteiger partial charge in [-0.05, 0) is 67.1 Å². The van der Waals surface area contributed by atoms with Crippen molar-refractivity contribution >= 4 is 17.8 Å². The molecule has 0 aromatic heterocycles. The van der Waals surface area contributed by atoms with E-state index in [1.54, 1.807) is 24.4 Å². The molecule has 2 aliphatic rings. The summed E-state index contributed by atoms with van der Waals surface area (Å²) in [5, 5.41) is 26.3. The summed E-state index contributed by atoms with van der Waals surface area (Å²) in [4.78, 5) is 16.9. The number of phenolic OH excluding ortho intramolecular Hbond substituents is 1. The van der Waals surface area contributed by atoms with Crippen LogP contribution in [-0.4, -0.2) is 47.1 Å². The van der Waals surface area contributed by atoms with Gasteiger partial charge in [-0.3, -0.25) is 9.79 Å². The molecule has 1 fully saturated rings. The van der Waals surface area contributed by atoms with Crippen LogP contribution in [0.1, 0.15) is 40.7 Å². The van der Waals surface area contributed by atoms with Gasteiger partial charge in [-0.2, -0.15) is 0 Å². The van der Waals surface area contributed by atoms with Gasteiger partial charge in [0.05, 0.1) is 12.1 Å². The Morgan fingerprint density at radius 1 is 1.21 bits per heavy atom. The van der Waals surface area contributed by atoms with E-state index in [4.69, 9.17) is 0 Å². The van der Waals surface area contributed by atoms with Gasteiger partial charge in [-0.1, -0.05) is 12.1 Å². The molecule has 1 unspecified atom stereocenters. The second kappa shape index (κ2) is 8.02. The number of nitrogens with zero attached hydrogens (tertiary/aromatic N) is 1. The normalized spacial score (nSPS) is 19.4. The summed E-state index contributed by atoms with van der Waals surface area (Å²) >= 11 is 0. The van der Waals surface area contributed by atoms with Gasteiger partial charge in [0.25, 0.3) is 5.91 Å². The maximum atomic E-state index is 12.5. The Hall–Kier alpha value is -2.86. The Bertz CT molecular complexity index is 892. The molecule has 0 spiro atoms. The molecular weight excluding hydrogens is 354 g/mol. The Balaban J connectivity index is 1.32. The van der Waals surface area contributed by atoms with Crippen LogP contribution in [0.4, 0.5) is 5.69 Å². The third kappa shape index (κ3) is 4.17.